The predicted molar refractivity (Wildman–Crippen MR) is 72.9 cm³/mol. The summed E-state index contributed by atoms with van der Waals surface area (Å²) in [5.41, 5.74) is 1.45. The van der Waals surface area contributed by atoms with Gasteiger partial charge in [0.15, 0.2) is 5.78 Å². The number of benzene rings is 2. The predicted octanol–water partition coefficient (Wildman–Crippen LogP) is 2.49. The molecule has 0 unspecified atom stereocenters. The maximum absolute atomic E-state index is 12.4. The van der Waals surface area contributed by atoms with Gasteiger partial charge in [-0.15, -0.1) is 0 Å². The molecule has 0 saturated carbocycles. The molecule has 0 amide bonds. The number of aromatic amines is 1. The molecule has 0 spiro atoms. The minimum Gasteiger partial charge on any atom is -0.478 e. The van der Waals surface area contributed by atoms with Gasteiger partial charge in [0.05, 0.1) is 17.3 Å². The largest absolute Gasteiger partial charge is 0.478 e. The molecule has 2 aromatic carbocycles. The number of hydrogen-bond donors (Lipinski definition) is 2. The van der Waals surface area contributed by atoms with E-state index in [0.717, 1.165) is 10.9 Å². The molecule has 0 aliphatic rings. The number of ketones is 1. The van der Waals surface area contributed by atoms with Crippen LogP contribution in [0.1, 0.15) is 26.3 Å². The van der Waals surface area contributed by atoms with E-state index < -0.39 is 5.97 Å². The van der Waals surface area contributed by atoms with Gasteiger partial charge < -0.3 is 5.11 Å². The van der Waals surface area contributed by atoms with Crippen LogP contribution < -0.4 is 0 Å². The second-order valence-electron chi connectivity index (χ2n) is 4.35. The molecule has 3 rings (SSSR count). The first-order valence-corrected chi connectivity index (χ1v) is 5.97. The molecule has 1 heterocycles. The third-order valence-electron chi connectivity index (χ3n) is 3.10. The molecule has 1 aromatic heterocycles. The highest BCUT2D eigenvalue weighted by Crippen LogP contribution is 2.18. The van der Waals surface area contributed by atoms with Crippen LogP contribution in [0.3, 0.4) is 0 Å². The summed E-state index contributed by atoms with van der Waals surface area (Å²) in [6.07, 6.45) is 1.62. The fourth-order valence-corrected chi connectivity index (χ4v) is 2.11. The molecule has 0 radical (unpaired) electrons. The van der Waals surface area contributed by atoms with E-state index in [0.29, 0.717) is 5.56 Å². The Morgan fingerprint density at radius 3 is 2.55 bits per heavy atom. The fraction of sp³-hybridized carbons (Fsp3) is 0. The SMILES string of the molecule is O=C(O)c1ccccc1C(=O)c1ccc2[nH]ncc2c1. The lowest BCUT2D eigenvalue weighted by Crippen LogP contribution is -2.09. The zero-order valence-corrected chi connectivity index (χ0v) is 10.3. The van der Waals surface area contributed by atoms with E-state index in [4.69, 9.17) is 5.11 Å². The molecule has 0 saturated heterocycles. The van der Waals surface area contributed by atoms with Gasteiger partial charge in [0.1, 0.15) is 0 Å². The molecule has 3 aromatic rings. The first-order chi connectivity index (χ1) is 9.66. The Morgan fingerprint density at radius 1 is 1.05 bits per heavy atom. The zero-order chi connectivity index (χ0) is 14.1. The van der Waals surface area contributed by atoms with Crippen molar-refractivity contribution in [1.82, 2.24) is 10.2 Å². The van der Waals surface area contributed by atoms with E-state index in [-0.39, 0.29) is 16.9 Å². The van der Waals surface area contributed by atoms with Gasteiger partial charge in [0, 0.05) is 16.5 Å². The van der Waals surface area contributed by atoms with Crippen LogP contribution in [-0.2, 0) is 0 Å². The van der Waals surface area contributed by atoms with Gasteiger partial charge in [0.25, 0.3) is 0 Å². The second kappa shape index (κ2) is 4.62. The minimum atomic E-state index is -1.11. The van der Waals surface area contributed by atoms with Gasteiger partial charge in [-0.2, -0.15) is 5.10 Å². The molecule has 0 aliphatic heterocycles. The number of fused-ring (bicyclic) bond motifs is 1. The summed E-state index contributed by atoms with van der Waals surface area (Å²) in [5.74, 6) is -1.43. The van der Waals surface area contributed by atoms with E-state index in [1.165, 1.54) is 12.1 Å². The standard InChI is InChI=1S/C15H10N2O3/c18-14(11-3-1-2-4-12(11)15(19)20)9-5-6-13-10(7-9)8-16-17-13/h1-8H,(H,16,17)(H,19,20). The Balaban J connectivity index is 2.10. The monoisotopic (exact) mass is 266 g/mol. The summed E-state index contributed by atoms with van der Waals surface area (Å²) in [4.78, 5) is 23.6. The lowest BCUT2D eigenvalue weighted by molar-refractivity contribution is 0.0693. The van der Waals surface area contributed by atoms with Crippen molar-refractivity contribution in [3.05, 3.63) is 65.4 Å². The van der Waals surface area contributed by atoms with Crippen molar-refractivity contribution < 1.29 is 14.7 Å². The van der Waals surface area contributed by atoms with Crippen molar-refractivity contribution >= 4 is 22.7 Å². The number of rotatable bonds is 3. The number of aromatic carboxylic acids is 1. The number of aromatic nitrogens is 2. The first-order valence-electron chi connectivity index (χ1n) is 5.97. The zero-order valence-electron chi connectivity index (χ0n) is 10.3. The molecule has 5 heteroatoms. The summed E-state index contributed by atoms with van der Waals surface area (Å²) in [6.45, 7) is 0. The smallest absolute Gasteiger partial charge is 0.336 e. The van der Waals surface area contributed by atoms with Crippen LogP contribution in [0.15, 0.2) is 48.7 Å². The van der Waals surface area contributed by atoms with Crippen LogP contribution >= 0.6 is 0 Å². The molecule has 20 heavy (non-hydrogen) atoms. The van der Waals surface area contributed by atoms with Crippen LogP contribution in [0, 0.1) is 0 Å². The normalized spacial score (nSPS) is 10.6. The quantitative estimate of drug-likeness (QED) is 0.713. The summed E-state index contributed by atoms with van der Waals surface area (Å²) < 4.78 is 0. The number of H-pyrrole nitrogens is 1. The lowest BCUT2D eigenvalue weighted by atomic mass is 9.98. The Bertz CT molecular complexity index is 821. The Hall–Kier alpha value is -2.95. The number of carbonyl (C=O) groups excluding carboxylic acids is 1. The summed E-state index contributed by atoms with van der Waals surface area (Å²) in [5, 5.41) is 16.6. The van der Waals surface area contributed by atoms with Gasteiger partial charge in [-0.25, -0.2) is 4.79 Å². The van der Waals surface area contributed by atoms with Crippen LogP contribution in [-0.4, -0.2) is 27.1 Å². The van der Waals surface area contributed by atoms with Crippen molar-refractivity contribution in [2.75, 3.05) is 0 Å². The third kappa shape index (κ3) is 1.95. The number of nitrogens with one attached hydrogen (secondary N) is 1. The topological polar surface area (TPSA) is 83.0 Å². The van der Waals surface area contributed by atoms with Crippen LogP contribution in [0.4, 0.5) is 0 Å². The average Bonchev–Trinajstić information content (AvgIpc) is 2.93. The molecule has 0 fully saturated rings. The van der Waals surface area contributed by atoms with E-state index in [1.807, 2.05) is 0 Å². The van der Waals surface area contributed by atoms with Gasteiger partial charge in [-0.3, -0.25) is 9.89 Å². The van der Waals surface area contributed by atoms with Crippen molar-refractivity contribution in [3.8, 4) is 0 Å². The summed E-state index contributed by atoms with van der Waals surface area (Å²) >= 11 is 0. The van der Waals surface area contributed by atoms with E-state index in [1.54, 1.807) is 36.5 Å². The number of carbonyl (C=O) groups is 2. The Labute approximate surface area is 113 Å². The number of hydrogen-bond acceptors (Lipinski definition) is 3. The highest BCUT2D eigenvalue weighted by atomic mass is 16.4. The van der Waals surface area contributed by atoms with Crippen LogP contribution in [0.25, 0.3) is 10.9 Å². The maximum Gasteiger partial charge on any atom is 0.336 e. The van der Waals surface area contributed by atoms with E-state index >= 15 is 0 Å². The van der Waals surface area contributed by atoms with Crippen molar-refractivity contribution in [1.29, 1.82) is 0 Å². The van der Waals surface area contributed by atoms with Gasteiger partial charge in [-0.1, -0.05) is 18.2 Å². The molecule has 0 bridgehead atoms. The molecule has 0 aliphatic carbocycles. The number of nitrogens with zero attached hydrogens (tertiary/aromatic N) is 1. The Morgan fingerprint density at radius 2 is 1.80 bits per heavy atom. The maximum atomic E-state index is 12.4. The molecular weight excluding hydrogens is 256 g/mol. The molecule has 0 atom stereocenters. The lowest BCUT2D eigenvalue weighted by Gasteiger charge is -2.05. The van der Waals surface area contributed by atoms with Crippen LogP contribution in [0.5, 0.6) is 0 Å². The van der Waals surface area contributed by atoms with Crippen molar-refractivity contribution in [2.24, 2.45) is 0 Å². The second-order valence-corrected chi connectivity index (χ2v) is 4.35. The summed E-state index contributed by atoms with van der Waals surface area (Å²) in [7, 11) is 0. The number of carboxylic acids is 1. The molecule has 2 N–H and O–H groups in total. The van der Waals surface area contributed by atoms with E-state index in [2.05, 4.69) is 10.2 Å². The van der Waals surface area contributed by atoms with Gasteiger partial charge >= 0.3 is 5.97 Å². The molecule has 98 valence electrons. The highest BCUT2D eigenvalue weighted by molar-refractivity contribution is 6.15. The van der Waals surface area contributed by atoms with Crippen LogP contribution in [0.2, 0.25) is 0 Å². The van der Waals surface area contributed by atoms with Crippen molar-refractivity contribution in [3.63, 3.8) is 0 Å². The van der Waals surface area contributed by atoms with E-state index in [9.17, 15) is 9.59 Å². The minimum absolute atomic E-state index is 0.00444. The highest BCUT2D eigenvalue weighted by Gasteiger charge is 2.17. The van der Waals surface area contributed by atoms with Gasteiger partial charge in [-0.05, 0) is 24.3 Å². The molecular formula is C15H10N2O3. The fourth-order valence-electron chi connectivity index (χ4n) is 2.11. The molecule has 5 nitrogen and oxygen atoms in total. The third-order valence-corrected chi connectivity index (χ3v) is 3.10. The number of carboxylic acid groups (broad SMARTS) is 1. The average molecular weight is 266 g/mol. The first kappa shape index (κ1) is 12.1. The van der Waals surface area contributed by atoms with Gasteiger partial charge in [0.2, 0.25) is 0 Å². The summed E-state index contributed by atoms with van der Waals surface area (Å²) in [6, 6.07) is 11.3. The Kier molecular flexibility index (Phi) is 2.80. The van der Waals surface area contributed by atoms with Crippen molar-refractivity contribution in [2.45, 2.75) is 0 Å².